The van der Waals surface area contributed by atoms with Gasteiger partial charge in [0.2, 0.25) is 17.7 Å². The number of ether oxygens (including phenoxy) is 1. The summed E-state index contributed by atoms with van der Waals surface area (Å²) < 4.78 is 6.17. The van der Waals surface area contributed by atoms with Crippen molar-refractivity contribution in [2.24, 2.45) is 16.8 Å². The number of hydrogen-bond acceptors (Lipinski definition) is 10. The number of benzene rings is 1. The molecule has 3 aliphatic rings. The van der Waals surface area contributed by atoms with Crippen LogP contribution in [0.15, 0.2) is 46.1 Å². The minimum atomic E-state index is -0.885. The summed E-state index contributed by atoms with van der Waals surface area (Å²) in [5.41, 5.74) is 1.32. The predicted octanol–water partition coefficient (Wildman–Crippen LogP) is 4.46. The molecule has 5 heterocycles. The van der Waals surface area contributed by atoms with Crippen molar-refractivity contribution >= 4 is 52.2 Å². The van der Waals surface area contributed by atoms with Gasteiger partial charge in [-0.1, -0.05) is 64.4 Å². The molecule has 0 saturated carbocycles. The summed E-state index contributed by atoms with van der Waals surface area (Å²) >= 11 is 2.61. The SMILES string of the molecule is CC[C@@H](C)[C@H]1NC(=O)c2csc(n2)[C@@H](C(C)C)NC(=O)[C@H]2N=C(O[C@@H]2C)[C@@H]2CCCN2C(=O)[C@H](Cc2ccccc2)NC(=O)c2csc1n2. The Bertz CT molecular complexity index is 1720. The summed E-state index contributed by atoms with van der Waals surface area (Å²) in [5.74, 6) is -1.07. The molecule has 1 fully saturated rings. The highest BCUT2D eigenvalue weighted by Gasteiger charge is 2.43. The number of carbonyl (C=O) groups excluding carboxylic acids is 4. The van der Waals surface area contributed by atoms with E-state index >= 15 is 0 Å². The van der Waals surface area contributed by atoms with E-state index in [0.29, 0.717) is 28.9 Å². The summed E-state index contributed by atoms with van der Waals surface area (Å²) in [6, 6.07) is 6.46. The standard InChI is InChI=1S/C35H43N7O5S2/c1-6-19(4)27-34-38-23(16-49-34)29(43)36-22(15-21-11-8-7-9-12-21)35(46)42-14-10-13-25(42)32-41-28(20(5)47-32)31(45)39-26(18(2)3)33-37-24(17-48-33)30(44)40-27/h7-9,11-12,16-20,22,25-28H,6,10,13-15H2,1-5H3,(H,36,43)(H,39,45)(H,40,44)/t19-,20-,22+,25+,26-,27-,28+/m1/s1. The second-order valence-electron chi connectivity index (χ2n) is 13.3. The first kappa shape index (κ1) is 34.7. The fraction of sp³-hybridized carbons (Fsp3) is 0.514. The van der Waals surface area contributed by atoms with Gasteiger partial charge in [-0.15, -0.1) is 22.7 Å². The lowest BCUT2D eigenvalue weighted by molar-refractivity contribution is -0.133. The van der Waals surface area contributed by atoms with Crippen molar-refractivity contribution in [3.05, 3.63) is 68.1 Å². The molecule has 4 amide bonds. The lowest BCUT2D eigenvalue weighted by Crippen LogP contribution is -2.52. The Morgan fingerprint density at radius 1 is 0.918 bits per heavy atom. The molecule has 0 aliphatic carbocycles. The minimum Gasteiger partial charge on any atom is -0.474 e. The summed E-state index contributed by atoms with van der Waals surface area (Å²) in [5, 5.41) is 13.7. The maximum Gasteiger partial charge on any atom is 0.271 e. The summed E-state index contributed by atoms with van der Waals surface area (Å²) in [6.07, 6.45) is 1.84. The number of aliphatic imine (C=N–C) groups is 1. The zero-order valence-electron chi connectivity index (χ0n) is 28.3. The number of fused-ring (bicyclic) bond motifs is 7. The van der Waals surface area contributed by atoms with Gasteiger partial charge in [0, 0.05) is 23.7 Å². The van der Waals surface area contributed by atoms with Gasteiger partial charge < -0.3 is 25.6 Å². The van der Waals surface area contributed by atoms with Crippen LogP contribution in [0.25, 0.3) is 0 Å². The van der Waals surface area contributed by atoms with Gasteiger partial charge in [0.15, 0.2) is 6.04 Å². The van der Waals surface area contributed by atoms with Gasteiger partial charge in [0.1, 0.15) is 39.6 Å². The average Bonchev–Trinajstić information content (AvgIpc) is 3.91. The second kappa shape index (κ2) is 14.8. The van der Waals surface area contributed by atoms with Gasteiger partial charge in [-0.25, -0.2) is 15.0 Å². The van der Waals surface area contributed by atoms with Crippen molar-refractivity contribution in [2.45, 2.75) is 96.6 Å². The second-order valence-corrected chi connectivity index (χ2v) is 15.1. The zero-order chi connectivity index (χ0) is 34.8. The van der Waals surface area contributed by atoms with Crippen LogP contribution in [0.4, 0.5) is 0 Å². The molecule has 7 atom stereocenters. The first-order valence-corrected chi connectivity index (χ1v) is 18.7. The Morgan fingerprint density at radius 2 is 1.57 bits per heavy atom. The van der Waals surface area contributed by atoms with Crippen molar-refractivity contribution in [3.63, 3.8) is 0 Å². The highest BCUT2D eigenvalue weighted by molar-refractivity contribution is 7.10. The molecular formula is C35H43N7O5S2. The van der Waals surface area contributed by atoms with Gasteiger partial charge in [-0.3, -0.25) is 19.2 Å². The van der Waals surface area contributed by atoms with Gasteiger partial charge in [0.25, 0.3) is 11.8 Å². The van der Waals surface area contributed by atoms with Crippen LogP contribution in [0.3, 0.4) is 0 Å². The molecule has 3 N–H and O–H groups in total. The van der Waals surface area contributed by atoms with E-state index in [1.807, 2.05) is 58.0 Å². The molecule has 1 aromatic carbocycles. The van der Waals surface area contributed by atoms with E-state index in [4.69, 9.17) is 9.73 Å². The van der Waals surface area contributed by atoms with E-state index in [1.165, 1.54) is 22.7 Å². The van der Waals surface area contributed by atoms with Gasteiger partial charge in [0.05, 0.1) is 12.1 Å². The third-order valence-corrected chi connectivity index (χ3v) is 11.4. The van der Waals surface area contributed by atoms with E-state index in [1.54, 1.807) is 22.6 Å². The number of aromatic nitrogens is 2. The average molecular weight is 706 g/mol. The van der Waals surface area contributed by atoms with E-state index in [-0.39, 0.29) is 47.4 Å². The van der Waals surface area contributed by atoms with Crippen molar-refractivity contribution in [3.8, 4) is 0 Å². The van der Waals surface area contributed by atoms with E-state index in [2.05, 4.69) is 25.9 Å². The van der Waals surface area contributed by atoms with Gasteiger partial charge in [-0.2, -0.15) is 0 Å². The first-order valence-electron chi connectivity index (χ1n) is 17.0. The zero-order valence-corrected chi connectivity index (χ0v) is 30.0. The molecule has 49 heavy (non-hydrogen) atoms. The quantitative estimate of drug-likeness (QED) is 0.354. The smallest absolute Gasteiger partial charge is 0.271 e. The molecule has 0 radical (unpaired) electrons. The van der Waals surface area contributed by atoms with Crippen molar-refractivity contribution in [1.29, 1.82) is 0 Å². The summed E-state index contributed by atoms with van der Waals surface area (Å²) in [4.78, 5) is 71.1. The van der Waals surface area contributed by atoms with Crippen LogP contribution in [0.2, 0.25) is 0 Å². The fourth-order valence-electron chi connectivity index (χ4n) is 6.45. The number of amides is 4. The third-order valence-electron chi connectivity index (χ3n) is 9.50. The largest absolute Gasteiger partial charge is 0.474 e. The minimum absolute atomic E-state index is 0.00816. The highest BCUT2D eigenvalue weighted by atomic mass is 32.1. The highest BCUT2D eigenvalue weighted by Crippen LogP contribution is 2.31. The number of hydrogen-bond donors (Lipinski definition) is 3. The molecule has 2 aromatic heterocycles. The third kappa shape index (κ3) is 7.40. The van der Waals surface area contributed by atoms with E-state index < -0.39 is 42.2 Å². The predicted molar refractivity (Wildman–Crippen MR) is 188 cm³/mol. The summed E-state index contributed by atoms with van der Waals surface area (Å²) in [6.45, 7) is 10.3. The van der Waals surface area contributed by atoms with E-state index in [9.17, 15) is 19.2 Å². The van der Waals surface area contributed by atoms with Crippen LogP contribution in [-0.2, 0) is 20.7 Å². The van der Waals surface area contributed by atoms with Crippen molar-refractivity contribution in [2.75, 3.05) is 6.54 Å². The maximum atomic E-state index is 14.3. The molecule has 6 rings (SSSR count). The van der Waals surface area contributed by atoms with E-state index in [0.717, 1.165) is 18.4 Å². The fourth-order valence-corrected chi connectivity index (χ4v) is 8.46. The van der Waals surface area contributed by atoms with Crippen molar-refractivity contribution in [1.82, 2.24) is 30.8 Å². The first-order chi connectivity index (χ1) is 23.5. The number of thiazole rings is 2. The molecule has 1 saturated heterocycles. The summed E-state index contributed by atoms with van der Waals surface area (Å²) in [7, 11) is 0. The number of nitrogens with one attached hydrogen (secondary N) is 3. The van der Waals surface area contributed by atoms with Crippen molar-refractivity contribution < 1.29 is 23.9 Å². The molecule has 6 bridgehead atoms. The van der Waals surface area contributed by atoms with Crippen LogP contribution >= 0.6 is 22.7 Å². The molecule has 14 heteroatoms. The molecule has 3 aliphatic heterocycles. The molecule has 12 nitrogen and oxygen atoms in total. The molecular weight excluding hydrogens is 663 g/mol. The maximum absolute atomic E-state index is 14.3. The Balaban J connectivity index is 1.39. The number of nitrogens with zero attached hydrogens (tertiary/aromatic N) is 4. The van der Waals surface area contributed by atoms with Crippen LogP contribution < -0.4 is 16.0 Å². The monoisotopic (exact) mass is 705 g/mol. The number of rotatable bonds is 5. The normalized spacial score (nSPS) is 27.0. The lowest BCUT2D eigenvalue weighted by Gasteiger charge is -2.29. The Kier molecular flexibility index (Phi) is 10.4. The molecule has 260 valence electrons. The van der Waals surface area contributed by atoms with Crippen LogP contribution in [0, 0.1) is 11.8 Å². The van der Waals surface area contributed by atoms with Crippen LogP contribution in [0.5, 0.6) is 0 Å². The van der Waals surface area contributed by atoms with Crippen LogP contribution in [-0.4, -0.2) is 75.2 Å². The molecule has 0 spiro atoms. The van der Waals surface area contributed by atoms with Crippen LogP contribution in [0.1, 0.15) is 103 Å². The number of carbonyl (C=O) groups is 4. The molecule has 0 unspecified atom stereocenters. The topological polar surface area (TPSA) is 155 Å². The molecule has 3 aromatic rings. The van der Waals surface area contributed by atoms with Gasteiger partial charge >= 0.3 is 0 Å². The Morgan fingerprint density at radius 3 is 2.22 bits per heavy atom. The lowest BCUT2D eigenvalue weighted by atomic mass is 9.99. The van der Waals surface area contributed by atoms with Gasteiger partial charge in [-0.05, 0) is 37.2 Å². The Labute approximate surface area is 294 Å². The Hall–Kier alpha value is -4.17.